The van der Waals surface area contributed by atoms with E-state index in [0.29, 0.717) is 5.56 Å². The van der Waals surface area contributed by atoms with Gasteiger partial charge in [0.25, 0.3) is 0 Å². The predicted molar refractivity (Wildman–Crippen MR) is 88.2 cm³/mol. The number of hydrogen-bond donors (Lipinski definition) is 1. The van der Waals surface area contributed by atoms with Gasteiger partial charge in [-0.3, -0.25) is 4.79 Å². The topological polar surface area (TPSA) is 40.5 Å². The van der Waals surface area contributed by atoms with Crippen molar-refractivity contribution in [1.82, 2.24) is 4.90 Å². The van der Waals surface area contributed by atoms with Crippen molar-refractivity contribution in [3.8, 4) is 0 Å². The zero-order chi connectivity index (χ0) is 17.0. The van der Waals surface area contributed by atoms with Gasteiger partial charge in [-0.15, -0.1) is 0 Å². The molecule has 4 heteroatoms. The highest BCUT2D eigenvalue weighted by atomic mass is 19.1. The molecule has 0 aliphatic carbocycles. The van der Waals surface area contributed by atoms with Gasteiger partial charge in [-0.2, -0.15) is 0 Å². The van der Waals surface area contributed by atoms with Crippen molar-refractivity contribution < 1.29 is 14.3 Å². The van der Waals surface area contributed by atoms with Gasteiger partial charge in [-0.25, -0.2) is 4.39 Å². The van der Waals surface area contributed by atoms with E-state index in [1.165, 1.54) is 12.1 Å². The van der Waals surface area contributed by atoms with Crippen molar-refractivity contribution in [2.24, 2.45) is 0 Å². The molecule has 0 bridgehead atoms. The SMILES string of the molecule is CC(c1ccc(F)cc1)N(C)C(=O)CC(C)(O)c1ccccc1. The Kier molecular flexibility index (Phi) is 5.16. The Morgan fingerprint density at radius 3 is 2.30 bits per heavy atom. The molecule has 0 aromatic heterocycles. The number of rotatable bonds is 5. The summed E-state index contributed by atoms with van der Waals surface area (Å²) in [5, 5.41) is 10.6. The summed E-state index contributed by atoms with van der Waals surface area (Å²) in [6.07, 6.45) is -0.0148. The van der Waals surface area contributed by atoms with E-state index in [0.717, 1.165) is 5.56 Å². The zero-order valence-corrected chi connectivity index (χ0v) is 13.7. The molecule has 0 aliphatic rings. The average Bonchev–Trinajstić information content (AvgIpc) is 2.54. The first-order valence-electron chi connectivity index (χ1n) is 7.60. The van der Waals surface area contributed by atoms with Crippen LogP contribution < -0.4 is 0 Å². The maximum atomic E-state index is 13.0. The second kappa shape index (κ2) is 6.92. The molecule has 1 amide bonds. The Hall–Kier alpha value is -2.20. The van der Waals surface area contributed by atoms with Gasteiger partial charge >= 0.3 is 0 Å². The fourth-order valence-corrected chi connectivity index (χ4v) is 2.50. The Morgan fingerprint density at radius 1 is 1.17 bits per heavy atom. The third-order valence-electron chi connectivity index (χ3n) is 4.22. The average molecular weight is 315 g/mol. The molecule has 2 unspecified atom stereocenters. The lowest BCUT2D eigenvalue weighted by atomic mass is 9.91. The van der Waals surface area contributed by atoms with E-state index in [2.05, 4.69) is 0 Å². The standard InChI is InChI=1S/C19H22FNO2/c1-14(15-9-11-17(20)12-10-15)21(3)18(22)13-19(2,23)16-7-5-4-6-8-16/h4-12,14,23H,13H2,1-3H3. The molecule has 0 saturated heterocycles. The summed E-state index contributed by atoms with van der Waals surface area (Å²) >= 11 is 0. The van der Waals surface area contributed by atoms with Crippen LogP contribution in [0.1, 0.15) is 37.4 Å². The summed E-state index contributed by atoms with van der Waals surface area (Å²) in [7, 11) is 1.69. The number of carbonyl (C=O) groups excluding carboxylic acids is 1. The predicted octanol–water partition coefficient (Wildman–Crippen LogP) is 3.64. The molecule has 2 atom stereocenters. The van der Waals surface area contributed by atoms with Gasteiger partial charge in [0.15, 0.2) is 0 Å². The fourth-order valence-electron chi connectivity index (χ4n) is 2.50. The molecule has 3 nitrogen and oxygen atoms in total. The smallest absolute Gasteiger partial charge is 0.226 e. The minimum Gasteiger partial charge on any atom is -0.385 e. The zero-order valence-electron chi connectivity index (χ0n) is 13.7. The molecule has 2 rings (SSSR count). The van der Waals surface area contributed by atoms with Gasteiger partial charge in [-0.1, -0.05) is 42.5 Å². The lowest BCUT2D eigenvalue weighted by Crippen LogP contribution is -2.35. The first kappa shape index (κ1) is 17.2. The van der Waals surface area contributed by atoms with Gasteiger partial charge in [0.2, 0.25) is 5.91 Å². The third kappa shape index (κ3) is 4.17. The van der Waals surface area contributed by atoms with Crippen LogP contribution in [0.2, 0.25) is 0 Å². The monoisotopic (exact) mass is 315 g/mol. The van der Waals surface area contributed by atoms with Gasteiger partial charge in [-0.05, 0) is 37.1 Å². The summed E-state index contributed by atoms with van der Waals surface area (Å²) in [6.45, 7) is 3.51. The molecule has 2 aromatic carbocycles. The number of benzene rings is 2. The minimum atomic E-state index is -1.23. The van der Waals surface area contributed by atoms with Crippen LogP contribution >= 0.6 is 0 Å². The van der Waals surface area contributed by atoms with Crippen LogP contribution in [0.4, 0.5) is 4.39 Å². The summed E-state index contributed by atoms with van der Waals surface area (Å²) in [5.41, 5.74) is 0.326. The van der Waals surface area contributed by atoms with Crippen LogP contribution in [0.3, 0.4) is 0 Å². The summed E-state index contributed by atoms with van der Waals surface area (Å²) in [4.78, 5) is 14.1. The van der Waals surface area contributed by atoms with Crippen LogP contribution in [0.25, 0.3) is 0 Å². The molecule has 23 heavy (non-hydrogen) atoms. The van der Waals surface area contributed by atoms with Crippen molar-refractivity contribution in [3.63, 3.8) is 0 Å². The van der Waals surface area contributed by atoms with Crippen LogP contribution in [0, 0.1) is 5.82 Å². The molecule has 122 valence electrons. The minimum absolute atomic E-state index is 0.0148. The van der Waals surface area contributed by atoms with Crippen LogP contribution in [0.5, 0.6) is 0 Å². The van der Waals surface area contributed by atoms with E-state index in [1.54, 1.807) is 43.1 Å². The number of aliphatic hydroxyl groups is 1. The highest BCUT2D eigenvalue weighted by Crippen LogP contribution is 2.27. The number of amides is 1. The van der Waals surface area contributed by atoms with E-state index in [9.17, 15) is 14.3 Å². The lowest BCUT2D eigenvalue weighted by Gasteiger charge is -2.30. The largest absolute Gasteiger partial charge is 0.385 e. The van der Waals surface area contributed by atoms with Crippen molar-refractivity contribution in [2.75, 3.05) is 7.05 Å². The van der Waals surface area contributed by atoms with Gasteiger partial charge in [0.1, 0.15) is 5.82 Å². The molecular formula is C19H22FNO2. The number of nitrogens with zero attached hydrogens (tertiary/aromatic N) is 1. The summed E-state index contributed by atoms with van der Waals surface area (Å²) in [5.74, 6) is -0.474. The Morgan fingerprint density at radius 2 is 1.74 bits per heavy atom. The molecule has 0 heterocycles. The van der Waals surface area contributed by atoms with Crippen LogP contribution in [-0.4, -0.2) is 23.0 Å². The number of halogens is 1. The van der Waals surface area contributed by atoms with E-state index >= 15 is 0 Å². The Balaban J connectivity index is 2.09. The quantitative estimate of drug-likeness (QED) is 0.915. The molecule has 0 radical (unpaired) electrons. The van der Waals surface area contributed by atoms with Gasteiger partial charge < -0.3 is 10.0 Å². The van der Waals surface area contributed by atoms with Gasteiger partial charge in [0.05, 0.1) is 18.1 Å². The normalized spacial score (nSPS) is 14.8. The molecule has 0 fully saturated rings. The first-order chi connectivity index (χ1) is 10.8. The molecule has 0 saturated carbocycles. The van der Waals surface area contributed by atoms with Gasteiger partial charge in [0, 0.05) is 7.05 Å². The second-order valence-corrected chi connectivity index (χ2v) is 6.05. The number of hydrogen-bond acceptors (Lipinski definition) is 2. The van der Waals surface area contributed by atoms with Crippen molar-refractivity contribution in [1.29, 1.82) is 0 Å². The molecular weight excluding hydrogens is 293 g/mol. The summed E-state index contributed by atoms with van der Waals surface area (Å²) in [6, 6.07) is 15.0. The molecule has 1 N–H and O–H groups in total. The van der Waals surface area contributed by atoms with Crippen LogP contribution in [-0.2, 0) is 10.4 Å². The van der Waals surface area contributed by atoms with E-state index in [1.807, 2.05) is 25.1 Å². The van der Waals surface area contributed by atoms with E-state index < -0.39 is 5.60 Å². The Labute approximate surface area is 136 Å². The highest BCUT2D eigenvalue weighted by molar-refractivity contribution is 5.77. The Bertz CT molecular complexity index is 653. The van der Waals surface area contributed by atoms with Crippen molar-refractivity contribution >= 4 is 5.91 Å². The second-order valence-electron chi connectivity index (χ2n) is 6.05. The van der Waals surface area contributed by atoms with Crippen molar-refractivity contribution in [3.05, 3.63) is 71.5 Å². The summed E-state index contributed by atoms with van der Waals surface area (Å²) < 4.78 is 13.0. The molecule has 0 aliphatic heterocycles. The van der Waals surface area contributed by atoms with E-state index in [4.69, 9.17) is 0 Å². The number of carbonyl (C=O) groups is 1. The fraction of sp³-hybridized carbons (Fsp3) is 0.316. The molecule has 2 aromatic rings. The third-order valence-corrected chi connectivity index (χ3v) is 4.22. The maximum absolute atomic E-state index is 13.0. The highest BCUT2D eigenvalue weighted by Gasteiger charge is 2.29. The van der Waals surface area contributed by atoms with Crippen LogP contribution in [0.15, 0.2) is 54.6 Å². The van der Waals surface area contributed by atoms with Crippen molar-refractivity contribution in [2.45, 2.75) is 31.9 Å². The maximum Gasteiger partial charge on any atom is 0.226 e. The lowest BCUT2D eigenvalue weighted by molar-refractivity contribution is -0.136. The molecule has 0 spiro atoms. The van der Waals surface area contributed by atoms with E-state index in [-0.39, 0.29) is 24.2 Å². The first-order valence-corrected chi connectivity index (χ1v) is 7.60.